The van der Waals surface area contributed by atoms with E-state index in [1.54, 1.807) is 0 Å². The van der Waals surface area contributed by atoms with Crippen molar-refractivity contribution < 1.29 is 4.74 Å². The van der Waals surface area contributed by atoms with Crippen molar-refractivity contribution >= 4 is 11.9 Å². The average Bonchev–Trinajstić information content (AvgIpc) is 3.21. The maximum absolute atomic E-state index is 8.71. The summed E-state index contributed by atoms with van der Waals surface area (Å²) in [6.45, 7) is 3.16. The fourth-order valence-corrected chi connectivity index (χ4v) is 1.75. The van der Waals surface area contributed by atoms with Gasteiger partial charge in [-0.1, -0.05) is 6.92 Å². The molecule has 1 aliphatic rings. The first-order valence-corrected chi connectivity index (χ1v) is 6.52. The fourth-order valence-electron chi connectivity index (χ4n) is 1.75. The predicted octanol–water partition coefficient (Wildman–Crippen LogP) is 1.13. The lowest BCUT2D eigenvalue weighted by Gasteiger charge is -2.21. The van der Waals surface area contributed by atoms with E-state index in [0.717, 1.165) is 19.3 Å². The molecule has 2 N–H and O–H groups in total. The van der Waals surface area contributed by atoms with Crippen LogP contribution in [0.5, 0.6) is 6.01 Å². The molecule has 19 heavy (non-hydrogen) atoms. The van der Waals surface area contributed by atoms with Crippen molar-refractivity contribution in [3.63, 3.8) is 0 Å². The highest BCUT2D eigenvalue weighted by Crippen LogP contribution is 2.30. The quantitative estimate of drug-likeness (QED) is 0.785. The molecular formula is C12H18N6O. The molecule has 0 saturated heterocycles. The first kappa shape index (κ1) is 13.3. The van der Waals surface area contributed by atoms with Crippen LogP contribution in [-0.4, -0.2) is 34.1 Å². The van der Waals surface area contributed by atoms with E-state index in [2.05, 4.69) is 21.0 Å². The summed E-state index contributed by atoms with van der Waals surface area (Å²) >= 11 is 0. The largest absolute Gasteiger partial charge is 0.463 e. The van der Waals surface area contributed by atoms with Gasteiger partial charge in [-0.3, -0.25) is 0 Å². The zero-order valence-electron chi connectivity index (χ0n) is 11.0. The third-order valence-electron chi connectivity index (χ3n) is 2.76. The zero-order valence-corrected chi connectivity index (χ0v) is 11.0. The monoisotopic (exact) mass is 262 g/mol. The lowest BCUT2D eigenvalue weighted by atomic mass is 10.4. The van der Waals surface area contributed by atoms with Crippen LogP contribution in [0.3, 0.4) is 0 Å². The molecule has 0 aromatic carbocycles. The maximum Gasteiger partial charge on any atom is 0.323 e. The van der Waals surface area contributed by atoms with E-state index in [1.807, 2.05) is 11.8 Å². The van der Waals surface area contributed by atoms with E-state index in [1.165, 1.54) is 0 Å². The molecule has 1 heterocycles. The van der Waals surface area contributed by atoms with Gasteiger partial charge in [-0.15, -0.1) is 0 Å². The number of anilines is 2. The number of nitrogen functional groups attached to an aromatic ring is 1. The van der Waals surface area contributed by atoms with E-state index < -0.39 is 0 Å². The second-order valence-corrected chi connectivity index (χ2v) is 4.46. The van der Waals surface area contributed by atoms with Crippen LogP contribution in [0.2, 0.25) is 0 Å². The van der Waals surface area contributed by atoms with Gasteiger partial charge in [0.2, 0.25) is 11.9 Å². The van der Waals surface area contributed by atoms with Crippen molar-refractivity contribution in [1.29, 1.82) is 5.26 Å². The van der Waals surface area contributed by atoms with Crippen molar-refractivity contribution in [2.45, 2.75) is 38.6 Å². The molecule has 0 spiro atoms. The summed E-state index contributed by atoms with van der Waals surface area (Å²) in [6, 6.07) is 2.81. The molecule has 0 unspecified atom stereocenters. The van der Waals surface area contributed by atoms with Crippen LogP contribution in [0.25, 0.3) is 0 Å². The Morgan fingerprint density at radius 2 is 2.21 bits per heavy atom. The first-order chi connectivity index (χ1) is 9.24. The lowest BCUT2D eigenvalue weighted by molar-refractivity contribution is 0.292. The van der Waals surface area contributed by atoms with Gasteiger partial charge < -0.3 is 15.4 Å². The SMILES string of the molecule is CCCOc1nc(N)nc(N(CCC#N)C2CC2)n1. The van der Waals surface area contributed by atoms with Gasteiger partial charge in [-0.2, -0.15) is 20.2 Å². The third-order valence-corrected chi connectivity index (χ3v) is 2.76. The number of nitrogens with zero attached hydrogens (tertiary/aromatic N) is 5. The lowest BCUT2D eigenvalue weighted by Crippen LogP contribution is -2.29. The number of rotatable bonds is 7. The molecule has 7 nitrogen and oxygen atoms in total. The highest BCUT2D eigenvalue weighted by atomic mass is 16.5. The summed E-state index contributed by atoms with van der Waals surface area (Å²) in [4.78, 5) is 14.4. The molecule has 2 rings (SSSR count). The minimum atomic E-state index is 0.152. The normalized spacial score (nSPS) is 13.9. The highest BCUT2D eigenvalue weighted by molar-refractivity contribution is 5.39. The van der Waals surface area contributed by atoms with Crippen LogP contribution in [-0.2, 0) is 0 Å². The summed E-state index contributed by atoms with van der Waals surface area (Å²) in [6.07, 6.45) is 3.51. The van der Waals surface area contributed by atoms with Gasteiger partial charge in [0.15, 0.2) is 0 Å². The van der Waals surface area contributed by atoms with Crippen molar-refractivity contribution in [3.8, 4) is 12.1 Å². The maximum atomic E-state index is 8.71. The smallest absolute Gasteiger partial charge is 0.323 e. The second kappa shape index (κ2) is 6.18. The Balaban J connectivity index is 2.16. The molecule has 102 valence electrons. The van der Waals surface area contributed by atoms with E-state index in [4.69, 9.17) is 15.7 Å². The van der Waals surface area contributed by atoms with Crippen molar-refractivity contribution in [3.05, 3.63) is 0 Å². The summed E-state index contributed by atoms with van der Waals surface area (Å²) in [5, 5.41) is 8.71. The summed E-state index contributed by atoms with van der Waals surface area (Å²) in [7, 11) is 0. The van der Waals surface area contributed by atoms with Gasteiger partial charge in [0.1, 0.15) is 0 Å². The number of hydrogen-bond donors (Lipinski definition) is 1. The molecule has 0 atom stereocenters. The molecule has 1 saturated carbocycles. The Labute approximate surface area is 112 Å². The number of nitriles is 1. The Kier molecular flexibility index (Phi) is 4.34. The highest BCUT2D eigenvalue weighted by Gasteiger charge is 2.31. The number of aromatic nitrogens is 3. The van der Waals surface area contributed by atoms with Crippen molar-refractivity contribution in [2.24, 2.45) is 0 Å². The Hall–Kier alpha value is -2.10. The average molecular weight is 262 g/mol. The fraction of sp³-hybridized carbons (Fsp3) is 0.667. The zero-order chi connectivity index (χ0) is 13.7. The minimum Gasteiger partial charge on any atom is -0.463 e. The molecule has 1 aliphatic carbocycles. The van der Waals surface area contributed by atoms with Crippen LogP contribution >= 0.6 is 0 Å². The Morgan fingerprint density at radius 1 is 1.42 bits per heavy atom. The molecule has 7 heteroatoms. The van der Waals surface area contributed by atoms with Crippen molar-refractivity contribution in [2.75, 3.05) is 23.8 Å². The molecule has 1 fully saturated rings. The molecule has 1 aromatic rings. The number of ether oxygens (including phenoxy) is 1. The van der Waals surface area contributed by atoms with Gasteiger partial charge in [-0.25, -0.2) is 0 Å². The van der Waals surface area contributed by atoms with Gasteiger partial charge in [0.25, 0.3) is 0 Å². The van der Waals surface area contributed by atoms with Crippen LogP contribution < -0.4 is 15.4 Å². The molecule has 1 aromatic heterocycles. The van der Waals surface area contributed by atoms with Crippen LogP contribution in [0, 0.1) is 11.3 Å². The van der Waals surface area contributed by atoms with Gasteiger partial charge >= 0.3 is 6.01 Å². The standard InChI is InChI=1S/C12H18N6O/c1-2-8-19-12-16-10(14)15-11(17-12)18(7-3-6-13)9-4-5-9/h9H,2-5,7-8H2,1H3,(H2,14,15,16,17). The van der Waals surface area contributed by atoms with Gasteiger partial charge in [0.05, 0.1) is 19.1 Å². The van der Waals surface area contributed by atoms with E-state index in [0.29, 0.717) is 31.6 Å². The Bertz CT molecular complexity index is 468. The third kappa shape index (κ3) is 3.68. The van der Waals surface area contributed by atoms with Gasteiger partial charge in [-0.05, 0) is 19.3 Å². The predicted molar refractivity (Wildman–Crippen MR) is 70.6 cm³/mol. The first-order valence-electron chi connectivity index (χ1n) is 6.52. The number of nitrogens with two attached hydrogens (primary N) is 1. The van der Waals surface area contributed by atoms with E-state index in [9.17, 15) is 0 Å². The minimum absolute atomic E-state index is 0.152. The molecule has 0 amide bonds. The van der Waals surface area contributed by atoms with E-state index in [-0.39, 0.29) is 12.0 Å². The summed E-state index contributed by atoms with van der Waals surface area (Å²) in [5.74, 6) is 0.662. The molecule has 0 radical (unpaired) electrons. The summed E-state index contributed by atoms with van der Waals surface area (Å²) in [5.41, 5.74) is 5.68. The van der Waals surface area contributed by atoms with Gasteiger partial charge in [0, 0.05) is 12.6 Å². The van der Waals surface area contributed by atoms with E-state index >= 15 is 0 Å². The van der Waals surface area contributed by atoms with Crippen LogP contribution in [0.1, 0.15) is 32.6 Å². The second-order valence-electron chi connectivity index (χ2n) is 4.46. The molecule has 0 aliphatic heterocycles. The summed E-state index contributed by atoms with van der Waals surface area (Å²) < 4.78 is 5.40. The van der Waals surface area contributed by atoms with Crippen LogP contribution in [0.15, 0.2) is 0 Å². The Morgan fingerprint density at radius 3 is 2.84 bits per heavy atom. The van der Waals surface area contributed by atoms with Crippen molar-refractivity contribution in [1.82, 2.24) is 15.0 Å². The van der Waals surface area contributed by atoms with Crippen LogP contribution in [0.4, 0.5) is 11.9 Å². The molecule has 0 bridgehead atoms. The molecular weight excluding hydrogens is 244 g/mol. The topological polar surface area (TPSA) is 101 Å². The number of hydrogen-bond acceptors (Lipinski definition) is 7.